The molecule has 0 aliphatic carbocycles. The zero-order chi connectivity index (χ0) is 17.9. The van der Waals surface area contributed by atoms with Gasteiger partial charge in [-0.05, 0) is 38.0 Å². The topological polar surface area (TPSA) is 76.6 Å². The second-order valence-electron chi connectivity index (χ2n) is 6.62. The van der Waals surface area contributed by atoms with Crippen molar-refractivity contribution in [2.24, 2.45) is 0 Å². The average Bonchev–Trinajstić information content (AvgIpc) is 2.92. The normalized spacial score (nSPS) is 16.3. The smallest absolute Gasteiger partial charge is 0.272 e. The molecule has 0 bridgehead atoms. The number of nitrogens with zero attached hydrogens (tertiary/aromatic N) is 3. The van der Waals surface area contributed by atoms with Crippen molar-refractivity contribution in [1.82, 2.24) is 14.9 Å². The third-order valence-corrected chi connectivity index (χ3v) is 4.60. The lowest BCUT2D eigenvalue weighted by Gasteiger charge is -2.20. The summed E-state index contributed by atoms with van der Waals surface area (Å²) in [6.07, 6.45) is 4.48. The standard InChI is InChI=1S/C19H22N4O3/c1-13-10-15(18(24)23-8-4-2-3-5-9-23)22-19(20-13)21-14-6-7-16-17(11-14)26-12-25-16/h6-7,10-11H,2-5,8-9,12H2,1H3,(H,20,21,22). The van der Waals surface area contributed by atoms with Crippen LogP contribution in [-0.4, -0.2) is 40.7 Å². The lowest BCUT2D eigenvalue weighted by molar-refractivity contribution is 0.0755. The molecule has 2 aliphatic heterocycles. The van der Waals surface area contributed by atoms with Gasteiger partial charge in [0.2, 0.25) is 12.7 Å². The maximum Gasteiger partial charge on any atom is 0.272 e. The Hall–Kier alpha value is -2.83. The van der Waals surface area contributed by atoms with Gasteiger partial charge in [-0.1, -0.05) is 12.8 Å². The summed E-state index contributed by atoms with van der Waals surface area (Å²) in [5.41, 5.74) is 1.97. The van der Waals surface area contributed by atoms with Crippen LogP contribution >= 0.6 is 0 Å². The third kappa shape index (κ3) is 3.56. The average molecular weight is 354 g/mol. The van der Waals surface area contributed by atoms with Crippen LogP contribution in [0.3, 0.4) is 0 Å². The molecule has 1 fully saturated rings. The van der Waals surface area contributed by atoms with Crippen LogP contribution in [0.15, 0.2) is 24.3 Å². The van der Waals surface area contributed by atoms with Gasteiger partial charge in [0, 0.05) is 30.5 Å². The number of carbonyl (C=O) groups excluding carboxylic acids is 1. The minimum Gasteiger partial charge on any atom is -0.454 e. The van der Waals surface area contributed by atoms with Crippen LogP contribution in [0.25, 0.3) is 0 Å². The first-order valence-corrected chi connectivity index (χ1v) is 9.01. The summed E-state index contributed by atoms with van der Waals surface area (Å²) in [4.78, 5) is 23.6. The molecule has 2 aromatic rings. The van der Waals surface area contributed by atoms with Crippen molar-refractivity contribution in [2.45, 2.75) is 32.6 Å². The lowest BCUT2D eigenvalue weighted by atomic mass is 10.2. The van der Waals surface area contributed by atoms with Crippen molar-refractivity contribution >= 4 is 17.5 Å². The molecule has 0 saturated carbocycles. The number of benzene rings is 1. The monoisotopic (exact) mass is 354 g/mol. The fourth-order valence-electron chi connectivity index (χ4n) is 3.27. The molecule has 0 spiro atoms. The van der Waals surface area contributed by atoms with Gasteiger partial charge in [0.1, 0.15) is 5.69 Å². The maximum absolute atomic E-state index is 12.8. The highest BCUT2D eigenvalue weighted by molar-refractivity contribution is 5.92. The highest BCUT2D eigenvalue weighted by Crippen LogP contribution is 2.34. The lowest BCUT2D eigenvalue weighted by Crippen LogP contribution is -2.32. The molecular formula is C19H22N4O3. The second-order valence-corrected chi connectivity index (χ2v) is 6.62. The molecule has 1 saturated heterocycles. The quantitative estimate of drug-likeness (QED) is 0.912. The number of aromatic nitrogens is 2. The SMILES string of the molecule is Cc1cc(C(=O)N2CCCCCC2)nc(Nc2ccc3c(c2)OCO3)n1. The fourth-order valence-corrected chi connectivity index (χ4v) is 3.27. The minimum atomic E-state index is -0.0221. The molecule has 2 aliphatic rings. The Balaban J connectivity index is 1.55. The Kier molecular flexibility index (Phi) is 4.60. The highest BCUT2D eigenvalue weighted by Gasteiger charge is 2.20. The van der Waals surface area contributed by atoms with E-state index in [0.717, 1.165) is 43.1 Å². The van der Waals surface area contributed by atoms with Crippen LogP contribution in [0, 0.1) is 6.92 Å². The predicted molar refractivity (Wildman–Crippen MR) is 97.0 cm³/mol. The molecule has 0 radical (unpaired) electrons. The van der Waals surface area contributed by atoms with Crippen LogP contribution in [0.4, 0.5) is 11.6 Å². The summed E-state index contributed by atoms with van der Waals surface area (Å²) >= 11 is 0. The van der Waals surface area contributed by atoms with Gasteiger partial charge in [0.25, 0.3) is 5.91 Å². The third-order valence-electron chi connectivity index (χ3n) is 4.60. The Bertz CT molecular complexity index is 816. The van der Waals surface area contributed by atoms with E-state index in [1.54, 1.807) is 6.07 Å². The Morgan fingerprint density at radius 1 is 1.04 bits per heavy atom. The van der Waals surface area contributed by atoms with Gasteiger partial charge in [0.05, 0.1) is 0 Å². The number of fused-ring (bicyclic) bond motifs is 1. The number of amides is 1. The van der Waals surface area contributed by atoms with Crippen LogP contribution in [0.5, 0.6) is 11.5 Å². The molecule has 0 unspecified atom stereocenters. The van der Waals surface area contributed by atoms with Crippen LogP contribution in [-0.2, 0) is 0 Å². The number of nitrogens with one attached hydrogen (secondary N) is 1. The van der Waals surface area contributed by atoms with E-state index in [-0.39, 0.29) is 12.7 Å². The number of hydrogen-bond donors (Lipinski definition) is 1. The number of ether oxygens (including phenoxy) is 2. The van der Waals surface area contributed by atoms with E-state index in [1.165, 1.54) is 12.8 Å². The van der Waals surface area contributed by atoms with E-state index in [1.807, 2.05) is 30.0 Å². The van der Waals surface area contributed by atoms with Gasteiger partial charge in [-0.15, -0.1) is 0 Å². The number of carbonyl (C=O) groups is 1. The number of aryl methyl sites for hydroxylation is 1. The second kappa shape index (κ2) is 7.19. The summed E-state index contributed by atoms with van der Waals surface area (Å²) in [6, 6.07) is 7.29. The van der Waals surface area contributed by atoms with E-state index < -0.39 is 0 Å². The summed E-state index contributed by atoms with van der Waals surface area (Å²) in [6.45, 7) is 3.69. The van der Waals surface area contributed by atoms with Gasteiger partial charge in [-0.2, -0.15) is 0 Å². The van der Waals surface area contributed by atoms with Gasteiger partial charge in [0.15, 0.2) is 11.5 Å². The zero-order valence-electron chi connectivity index (χ0n) is 14.8. The summed E-state index contributed by atoms with van der Waals surface area (Å²) < 4.78 is 10.7. The molecule has 1 aromatic carbocycles. The molecule has 1 amide bonds. The van der Waals surface area contributed by atoms with Gasteiger partial charge in [-0.25, -0.2) is 9.97 Å². The number of anilines is 2. The van der Waals surface area contributed by atoms with E-state index in [4.69, 9.17) is 9.47 Å². The van der Waals surface area contributed by atoms with Crippen LogP contribution in [0.2, 0.25) is 0 Å². The largest absolute Gasteiger partial charge is 0.454 e. The van der Waals surface area contributed by atoms with Gasteiger partial charge in [-0.3, -0.25) is 4.79 Å². The van der Waals surface area contributed by atoms with Crippen molar-refractivity contribution in [3.05, 3.63) is 35.7 Å². The van der Waals surface area contributed by atoms with E-state index >= 15 is 0 Å². The molecular weight excluding hydrogens is 332 g/mol. The Morgan fingerprint density at radius 3 is 2.62 bits per heavy atom. The molecule has 0 atom stereocenters. The highest BCUT2D eigenvalue weighted by atomic mass is 16.7. The molecule has 7 heteroatoms. The number of hydrogen-bond acceptors (Lipinski definition) is 6. The summed E-state index contributed by atoms with van der Waals surface area (Å²) in [5, 5.41) is 3.16. The molecule has 4 rings (SSSR count). The first-order valence-electron chi connectivity index (χ1n) is 9.01. The predicted octanol–water partition coefficient (Wildman–Crippen LogP) is 3.27. The minimum absolute atomic E-state index is 0.0221. The Morgan fingerprint density at radius 2 is 1.81 bits per heavy atom. The molecule has 1 N–H and O–H groups in total. The first kappa shape index (κ1) is 16.6. The molecule has 1 aromatic heterocycles. The Labute approximate surface area is 152 Å². The van der Waals surface area contributed by atoms with Gasteiger partial charge < -0.3 is 19.7 Å². The molecule has 136 valence electrons. The van der Waals surface area contributed by atoms with Crippen molar-refractivity contribution in [2.75, 3.05) is 25.2 Å². The van der Waals surface area contributed by atoms with Crippen molar-refractivity contribution in [3.8, 4) is 11.5 Å². The molecule has 3 heterocycles. The van der Waals surface area contributed by atoms with E-state index in [0.29, 0.717) is 17.4 Å². The van der Waals surface area contributed by atoms with Crippen LogP contribution < -0.4 is 14.8 Å². The fraction of sp³-hybridized carbons (Fsp3) is 0.421. The number of rotatable bonds is 3. The van der Waals surface area contributed by atoms with E-state index in [2.05, 4.69) is 15.3 Å². The maximum atomic E-state index is 12.8. The molecule has 26 heavy (non-hydrogen) atoms. The van der Waals surface area contributed by atoms with Crippen molar-refractivity contribution in [1.29, 1.82) is 0 Å². The molecule has 7 nitrogen and oxygen atoms in total. The number of likely N-dealkylation sites (tertiary alicyclic amines) is 1. The van der Waals surface area contributed by atoms with Crippen molar-refractivity contribution in [3.63, 3.8) is 0 Å². The zero-order valence-corrected chi connectivity index (χ0v) is 14.8. The van der Waals surface area contributed by atoms with Crippen molar-refractivity contribution < 1.29 is 14.3 Å². The summed E-state index contributed by atoms with van der Waals surface area (Å²) in [5.74, 6) is 1.79. The van der Waals surface area contributed by atoms with E-state index in [9.17, 15) is 4.79 Å². The summed E-state index contributed by atoms with van der Waals surface area (Å²) in [7, 11) is 0. The first-order chi connectivity index (χ1) is 12.7. The van der Waals surface area contributed by atoms with Gasteiger partial charge >= 0.3 is 0 Å². The van der Waals surface area contributed by atoms with Crippen LogP contribution in [0.1, 0.15) is 41.9 Å².